The number of benzene rings is 1. The molecule has 0 spiro atoms. The number of nitrogens with one attached hydrogen (secondary N) is 1. The molecule has 0 bridgehead atoms. The quantitative estimate of drug-likeness (QED) is 0.739. The van der Waals surface area contributed by atoms with Crippen LogP contribution in [0.2, 0.25) is 5.02 Å². The first-order valence-corrected chi connectivity index (χ1v) is 9.29. The van der Waals surface area contributed by atoms with Gasteiger partial charge in [-0.05, 0) is 44.4 Å². The number of aryl methyl sites for hydroxylation is 2. The second-order valence-corrected chi connectivity index (χ2v) is 7.29. The van der Waals surface area contributed by atoms with Gasteiger partial charge in [0.1, 0.15) is 17.5 Å². The van der Waals surface area contributed by atoms with Crippen LogP contribution in [0.1, 0.15) is 24.1 Å². The van der Waals surface area contributed by atoms with Crippen molar-refractivity contribution < 1.29 is 9.32 Å². The summed E-state index contributed by atoms with van der Waals surface area (Å²) in [5.74, 6) is 0.771. The van der Waals surface area contributed by atoms with E-state index in [1.165, 1.54) is 6.33 Å². The number of amides is 1. The maximum Gasteiger partial charge on any atom is 0.263 e. The summed E-state index contributed by atoms with van der Waals surface area (Å²) in [6, 6.07) is 5.63. The lowest BCUT2D eigenvalue weighted by Gasteiger charge is -2.32. The van der Waals surface area contributed by atoms with Crippen LogP contribution in [-0.4, -0.2) is 34.1 Å². The number of carbonyl (C=O) groups is 1. The monoisotopic (exact) mass is 385 g/mol. The number of hydrogen-bond donors (Lipinski definition) is 1. The lowest BCUT2D eigenvalue weighted by molar-refractivity contribution is -0.120. The number of halogens is 1. The molecule has 3 heterocycles. The fraction of sp³-hybridized carbons (Fsp3) is 0.368. The lowest BCUT2D eigenvalue weighted by Crippen LogP contribution is -2.38. The minimum Gasteiger partial charge on any atom is -0.356 e. The van der Waals surface area contributed by atoms with E-state index >= 15 is 0 Å². The van der Waals surface area contributed by atoms with Gasteiger partial charge in [0.15, 0.2) is 0 Å². The summed E-state index contributed by atoms with van der Waals surface area (Å²) in [6.07, 6.45) is 2.97. The van der Waals surface area contributed by atoms with Crippen LogP contribution in [-0.2, 0) is 4.79 Å². The highest BCUT2D eigenvalue weighted by Gasteiger charge is 2.28. The topological polar surface area (TPSA) is 84.2 Å². The third-order valence-electron chi connectivity index (χ3n) is 4.97. The summed E-state index contributed by atoms with van der Waals surface area (Å²) < 4.78 is 5.22. The first-order chi connectivity index (χ1) is 13.0. The molecule has 8 heteroatoms. The normalized spacial score (nSPS) is 15.3. The molecular weight excluding hydrogens is 366 g/mol. The van der Waals surface area contributed by atoms with Gasteiger partial charge in [0.2, 0.25) is 5.91 Å². The number of aromatic nitrogens is 3. The third kappa shape index (κ3) is 3.47. The van der Waals surface area contributed by atoms with E-state index in [2.05, 4.69) is 25.3 Å². The summed E-state index contributed by atoms with van der Waals surface area (Å²) in [7, 11) is 0. The molecule has 4 rings (SSSR count). The molecule has 2 aromatic heterocycles. The number of anilines is 2. The van der Waals surface area contributed by atoms with Crippen molar-refractivity contribution >= 4 is 40.1 Å². The van der Waals surface area contributed by atoms with E-state index in [1.807, 2.05) is 32.0 Å². The summed E-state index contributed by atoms with van der Waals surface area (Å²) in [6.45, 7) is 5.31. The molecule has 1 saturated heterocycles. The highest BCUT2D eigenvalue weighted by molar-refractivity contribution is 6.33. The predicted molar refractivity (Wildman–Crippen MR) is 104 cm³/mol. The molecular formula is C19H20ClN5O2. The fourth-order valence-electron chi connectivity index (χ4n) is 3.45. The first-order valence-electron chi connectivity index (χ1n) is 8.92. The minimum atomic E-state index is -0.0560. The van der Waals surface area contributed by atoms with Crippen LogP contribution in [0.15, 0.2) is 29.0 Å². The Hall–Kier alpha value is -2.67. The van der Waals surface area contributed by atoms with Crippen molar-refractivity contribution in [2.75, 3.05) is 23.3 Å². The van der Waals surface area contributed by atoms with E-state index < -0.39 is 0 Å². The van der Waals surface area contributed by atoms with Gasteiger partial charge in [-0.1, -0.05) is 22.8 Å². The molecule has 1 aliphatic heterocycles. The largest absolute Gasteiger partial charge is 0.356 e. The Labute approximate surface area is 161 Å². The fourth-order valence-corrected chi connectivity index (χ4v) is 3.74. The maximum absolute atomic E-state index is 12.6. The van der Waals surface area contributed by atoms with E-state index in [1.54, 1.807) is 0 Å². The molecule has 140 valence electrons. The number of nitrogens with zero attached hydrogens (tertiary/aromatic N) is 4. The zero-order valence-electron chi connectivity index (χ0n) is 15.2. The van der Waals surface area contributed by atoms with Crippen LogP contribution in [0.4, 0.5) is 11.5 Å². The molecule has 1 aromatic carbocycles. The highest BCUT2D eigenvalue weighted by Crippen LogP contribution is 2.30. The van der Waals surface area contributed by atoms with E-state index in [9.17, 15) is 4.79 Å². The lowest BCUT2D eigenvalue weighted by atomic mass is 9.95. The molecule has 0 aliphatic carbocycles. The van der Waals surface area contributed by atoms with Crippen molar-refractivity contribution in [1.29, 1.82) is 0 Å². The second-order valence-electron chi connectivity index (χ2n) is 6.88. The van der Waals surface area contributed by atoms with Gasteiger partial charge in [-0.2, -0.15) is 4.98 Å². The van der Waals surface area contributed by atoms with Crippen LogP contribution < -0.4 is 10.2 Å². The van der Waals surface area contributed by atoms with Crippen LogP contribution in [0.25, 0.3) is 11.1 Å². The van der Waals surface area contributed by atoms with Crippen LogP contribution in [0.5, 0.6) is 0 Å². The Kier molecular flexibility index (Phi) is 4.70. The van der Waals surface area contributed by atoms with Gasteiger partial charge >= 0.3 is 0 Å². The van der Waals surface area contributed by atoms with E-state index in [0.29, 0.717) is 16.4 Å². The Morgan fingerprint density at radius 2 is 2.04 bits per heavy atom. The molecule has 0 saturated carbocycles. The van der Waals surface area contributed by atoms with Crippen molar-refractivity contribution in [1.82, 2.24) is 15.1 Å². The van der Waals surface area contributed by atoms with E-state index in [-0.39, 0.29) is 11.8 Å². The molecule has 0 radical (unpaired) electrons. The summed E-state index contributed by atoms with van der Waals surface area (Å²) in [5.41, 5.74) is 2.99. The number of piperidine rings is 1. The molecule has 0 atom stereocenters. The van der Waals surface area contributed by atoms with Crippen LogP contribution >= 0.6 is 11.6 Å². The summed E-state index contributed by atoms with van der Waals surface area (Å²) >= 11 is 6.22. The Morgan fingerprint density at radius 3 is 2.78 bits per heavy atom. The number of fused-ring (bicyclic) bond motifs is 1. The van der Waals surface area contributed by atoms with Crippen LogP contribution in [0, 0.1) is 19.8 Å². The molecule has 27 heavy (non-hydrogen) atoms. The standard InChI is InChI=1S/C19H20ClN5O2/c1-11-3-4-15(14(20)9-11)23-18(26)13-5-7-25(8-6-13)17-16-12(2)24-27-19(16)22-10-21-17/h3-4,9-10,13H,5-8H2,1-2H3,(H,23,26). The first kappa shape index (κ1) is 17.7. The van der Waals surface area contributed by atoms with Gasteiger partial charge in [-0.25, -0.2) is 4.98 Å². The smallest absolute Gasteiger partial charge is 0.263 e. The Balaban J connectivity index is 1.44. The molecule has 3 aromatic rings. The van der Waals surface area contributed by atoms with Gasteiger partial charge in [-0.3, -0.25) is 4.79 Å². The zero-order chi connectivity index (χ0) is 19.0. The molecule has 1 N–H and O–H groups in total. The third-order valence-corrected chi connectivity index (χ3v) is 5.28. The SMILES string of the molecule is Cc1ccc(NC(=O)C2CCN(c3ncnc4onc(C)c34)CC2)c(Cl)c1. The average Bonchev–Trinajstić information content (AvgIpc) is 3.05. The summed E-state index contributed by atoms with van der Waals surface area (Å²) in [4.78, 5) is 23.3. The summed E-state index contributed by atoms with van der Waals surface area (Å²) in [5, 5.41) is 8.33. The van der Waals surface area contributed by atoms with E-state index in [0.717, 1.165) is 48.4 Å². The van der Waals surface area contributed by atoms with Gasteiger partial charge in [0.25, 0.3) is 5.71 Å². The average molecular weight is 386 g/mol. The number of hydrogen-bond acceptors (Lipinski definition) is 6. The molecule has 1 fully saturated rings. The van der Waals surface area contributed by atoms with Gasteiger partial charge in [-0.15, -0.1) is 0 Å². The van der Waals surface area contributed by atoms with Gasteiger partial charge in [0.05, 0.1) is 16.4 Å². The minimum absolute atomic E-state index is 0.00870. The Bertz CT molecular complexity index is 995. The van der Waals surface area contributed by atoms with Crippen molar-refractivity contribution in [3.63, 3.8) is 0 Å². The Morgan fingerprint density at radius 1 is 1.26 bits per heavy atom. The molecule has 1 aliphatic rings. The molecule has 0 unspecified atom stereocenters. The molecule has 7 nitrogen and oxygen atoms in total. The second kappa shape index (κ2) is 7.15. The van der Waals surface area contributed by atoms with Gasteiger partial charge in [0, 0.05) is 19.0 Å². The number of carbonyl (C=O) groups excluding carboxylic acids is 1. The highest BCUT2D eigenvalue weighted by atomic mass is 35.5. The molecule has 1 amide bonds. The van der Waals surface area contributed by atoms with E-state index in [4.69, 9.17) is 16.1 Å². The predicted octanol–water partition coefficient (Wildman–Crippen LogP) is 3.74. The van der Waals surface area contributed by atoms with Crippen molar-refractivity contribution in [3.05, 3.63) is 40.8 Å². The van der Waals surface area contributed by atoms with Crippen molar-refractivity contribution in [2.24, 2.45) is 5.92 Å². The van der Waals surface area contributed by atoms with Crippen molar-refractivity contribution in [3.8, 4) is 0 Å². The maximum atomic E-state index is 12.6. The number of rotatable bonds is 3. The van der Waals surface area contributed by atoms with Gasteiger partial charge < -0.3 is 14.7 Å². The van der Waals surface area contributed by atoms with Crippen molar-refractivity contribution in [2.45, 2.75) is 26.7 Å². The van der Waals surface area contributed by atoms with Crippen LogP contribution in [0.3, 0.4) is 0 Å². The zero-order valence-corrected chi connectivity index (χ0v) is 16.0.